The number of hydrogen-bond acceptors (Lipinski definition) is 0. The second-order valence-corrected chi connectivity index (χ2v) is 5.75. The summed E-state index contributed by atoms with van der Waals surface area (Å²) >= 11 is 4.49. The van der Waals surface area contributed by atoms with Crippen LogP contribution in [0.1, 0.15) is 6.92 Å². The third kappa shape index (κ3) is 23.7. The second kappa shape index (κ2) is 6.04. The summed E-state index contributed by atoms with van der Waals surface area (Å²) in [5, 5.41) is 0. The van der Waals surface area contributed by atoms with Crippen LogP contribution in [0, 0.1) is 1.93 Å². The van der Waals surface area contributed by atoms with E-state index in [-0.39, 0.29) is 18.6 Å². The topological polar surface area (TPSA) is 0 Å². The summed E-state index contributed by atoms with van der Waals surface area (Å²) in [6.45, 7) is 2.06. The van der Waals surface area contributed by atoms with E-state index in [9.17, 15) is 0 Å². The van der Waals surface area contributed by atoms with E-state index >= 15 is 0 Å². The van der Waals surface area contributed by atoms with Gasteiger partial charge in [0, 0.05) is 18.6 Å². The molecule has 3 heteroatoms. The summed E-state index contributed by atoms with van der Waals surface area (Å²) in [4.78, 5) is 0. The van der Waals surface area contributed by atoms with Crippen LogP contribution in [0.4, 0.5) is 0 Å². The number of rotatable bonds is 0. The van der Waals surface area contributed by atoms with E-state index in [2.05, 4.69) is 52.1 Å². The van der Waals surface area contributed by atoms with Crippen LogP contribution < -0.4 is 0 Å². The summed E-state index contributed by atoms with van der Waals surface area (Å²) in [5.74, 6) is 0. The van der Waals surface area contributed by atoms with Gasteiger partial charge in [0.05, 0.1) is 0 Å². The zero-order valence-corrected chi connectivity index (χ0v) is 8.41. The predicted molar refractivity (Wildman–Crippen MR) is 37.0 cm³/mol. The van der Waals surface area contributed by atoms with Crippen LogP contribution in [0.15, 0.2) is 0 Å². The van der Waals surface area contributed by atoms with Gasteiger partial charge in [-0.3, -0.25) is 0 Å². The maximum atomic E-state index is 2.25. The molecular weight excluding hydrogens is 329 g/mol. The average Bonchev–Trinajstić information content (AvgIpc) is 0.811. The van der Waals surface area contributed by atoms with Gasteiger partial charge in [0.1, 0.15) is 0 Å². The fraction of sp³-hybridized carbons (Fsp3) is 0.500. The van der Waals surface area contributed by atoms with Crippen molar-refractivity contribution in [3.63, 3.8) is 0 Å². The summed E-state index contributed by atoms with van der Waals surface area (Å²) in [5.41, 5.74) is 0. The van der Waals surface area contributed by atoms with E-state index < -0.39 is 0 Å². The van der Waals surface area contributed by atoms with Crippen molar-refractivity contribution in [2.24, 2.45) is 0 Å². The molecule has 0 atom stereocenters. The maximum absolute atomic E-state index is 2.25. The average molecular weight is 332 g/mol. The molecule has 1 radical (unpaired) electrons. The van der Waals surface area contributed by atoms with Crippen molar-refractivity contribution in [2.45, 2.75) is 6.92 Å². The van der Waals surface area contributed by atoms with E-state index in [0.717, 1.165) is 0 Å². The van der Waals surface area contributed by atoms with Gasteiger partial charge in [0.15, 0.2) is 0 Å². The van der Waals surface area contributed by atoms with Gasteiger partial charge in [-0.15, -0.1) is 0 Å². The number of hydrogen-bond donors (Lipinski definition) is 0. The first-order valence-electron chi connectivity index (χ1n) is 0.878. The van der Waals surface area contributed by atoms with Gasteiger partial charge in [-0.25, -0.2) is 0 Å². The summed E-state index contributed by atoms with van der Waals surface area (Å²) in [7, 11) is 0. The first-order chi connectivity index (χ1) is 1.73. The Morgan fingerprint density at radius 3 is 1.40 bits per heavy atom. The van der Waals surface area contributed by atoms with Gasteiger partial charge in [0.2, 0.25) is 0 Å². The smallest absolute Gasteiger partial charge is 0 e. The van der Waals surface area contributed by atoms with Gasteiger partial charge in [-0.05, 0) is 0 Å². The Bertz CT molecular complexity index is 12.4. The molecule has 0 spiro atoms. The van der Waals surface area contributed by atoms with Crippen LogP contribution in [0.3, 0.4) is 0 Å². The molecule has 0 bridgehead atoms. The second-order valence-electron chi connectivity index (χ2n) is 0.449. The molecule has 0 aliphatic heterocycles. The molecule has 0 nitrogen and oxygen atoms in total. The zero-order chi connectivity index (χ0) is 3.58. The third-order valence-electron chi connectivity index (χ3n) is 0. The summed E-state index contributed by atoms with van der Waals surface area (Å²) in [6, 6.07) is 0. The van der Waals surface area contributed by atoms with E-state index in [1.807, 2.05) is 0 Å². The third-order valence-corrected chi connectivity index (χ3v) is 0. The van der Waals surface area contributed by atoms with Gasteiger partial charge < -0.3 is 45.2 Å². The van der Waals surface area contributed by atoms with Crippen molar-refractivity contribution in [1.82, 2.24) is 0 Å². The Morgan fingerprint density at radius 1 is 1.40 bits per heavy atom. The van der Waals surface area contributed by atoms with Crippen molar-refractivity contribution < 1.29 is 18.6 Å². The fourth-order valence-corrected chi connectivity index (χ4v) is 0. The van der Waals surface area contributed by atoms with Crippen molar-refractivity contribution in [2.75, 3.05) is 0 Å². The van der Waals surface area contributed by atoms with E-state index in [4.69, 9.17) is 0 Å². The minimum Gasteiger partial charge on any atom is -0.301 e. The number of halogens is 2. The SMILES string of the molecule is C[C-](I)I.[V]. The van der Waals surface area contributed by atoms with Crippen LogP contribution in [-0.4, -0.2) is 0 Å². The predicted octanol–water partition coefficient (Wildman–Crippen LogP) is 2.36. The van der Waals surface area contributed by atoms with Gasteiger partial charge in [-0.1, -0.05) is 0 Å². The zero-order valence-electron chi connectivity index (χ0n) is 2.70. The first kappa shape index (κ1) is 10.1. The van der Waals surface area contributed by atoms with Crippen molar-refractivity contribution in [3.05, 3.63) is 1.93 Å². The van der Waals surface area contributed by atoms with E-state index in [1.54, 1.807) is 0 Å². The van der Waals surface area contributed by atoms with Crippen LogP contribution >= 0.6 is 45.2 Å². The minimum atomic E-state index is 0. The molecular formula is C2H3I2V-. The van der Waals surface area contributed by atoms with Gasteiger partial charge in [-0.2, -0.15) is 8.86 Å². The van der Waals surface area contributed by atoms with Crippen molar-refractivity contribution >= 4 is 45.2 Å². The quantitative estimate of drug-likeness (QED) is 0.472. The Balaban J connectivity index is 0. The summed E-state index contributed by atoms with van der Waals surface area (Å²) < 4.78 is 1.36. The molecule has 0 amide bonds. The molecule has 0 aromatic carbocycles. The van der Waals surface area contributed by atoms with Gasteiger partial charge >= 0.3 is 0 Å². The molecule has 0 aliphatic carbocycles. The first-order valence-corrected chi connectivity index (χ1v) is 3.04. The molecule has 0 heterocycles. The molecule has 0 aromatic heterocycles. The van der Waals surface area contributed by atoms with Crippen LogP contribution in [-0.2, 0) is 18.6 Å². The Labute approximate surface area is 71.6 Å². The normalized spacial score (nSPS) is 7.20. The summed E-state index contributed by atoms with van der Waals surface area (Å²) in [6.07, 6.45) is 0. The van der Waals surface area contributed by atoms with Crippen LogP contribution in [0.2, 0.25) is 0 Å². The minimum absolute atomic E-state index is 0. The van der Waals surface area contributed by atoms with Crippen LogP contribution in [0.25, 0.3) is 0 Å². The van der Waals surface area contributed by atoms with Crippen LogP contribution in [0.5, 0.6) is 0 Å². The monoisotopic (exact) mass is 332 g/mol. The Morgan fingerprint density at radius 2 is 1.40 bits per heavy atom. The van der Waals surface area contributed by atoms with E-state index in [1.165, 1.54) is 1.93 Å². The largest absolute Gasteiger partial charge is 0.301 e. The molecule has 0 saturated heterocycles. The molecule has 0 aliphatic rings. The molecule has 0 fully saturated rings. The van der Waals surface area contributed by atoms with Crippen molar-refractivity contribution in [1.29, 1.82) is 0 Å². The standard InChI is InChI=1S/C2H3I2.V/c1-2(3)4;/h1H3;/q-1;. The molecule has 0 rings (SSSR count). The Hall–Kier alpha value is 2.04. The molecule has 0 unspecified atom stereocenters. The molecule has 5 heavy (non-hydrogen) atoms. The maximum Gasteiger partial charge on any atom is 0 e. The fourth-order valence-electron chi connectivity index (χ4n) is 0. The molecule has 0 N–H and O–H groups in total. The van der Waals surface area contributed by atoms with E-state index in [0.29, 0.717) is 0 Å². The van der Waals surface area contributed by atoms with Gasteiger partial charge in [0.25, 0.3) is 0 Å². The Kier molecular flexibility index (Phi) is 12.2. The molecule has 31 valence electrons. The molecule has 0 aromatic rings. The van der Waals surface area contributed by atoms with Crippen molar-refractivity contribution in [3.8, 4) is 0 Å². The molecule has 0 saturated carbocycles.